The van der Waals surface area contributed by atoms with Crippen LogP contribution in [0.3, 0.4) is 0 Å². The van der Waals surface area contributed by atoms with E-state index < -0.39 is 0 Å². The van der Waals surface area contributed by atoms with Gasteiger partial charge in [0, 0.05) is 31.6 Å². The molecule has 0 bridgehead atoms. The van der Waals surface area contributed by atoms with Gasteiger partial charge in [0.25, 0.3) is 5.56 Å². The Morgan fingerprint density at radius 3 is 2.05 bits per heavy atom. The summed E-state index contributed by atoms with van der Waals surface area (Å²) in [5, 5.41) is 0. The van der Waals surface area contributed by atoms with Crippen LogP contribution in [0.25, 0.3) is 0 Å². The van der Waals surface area contributed by atoms with Gasteiger partial charge in [0.05, 0.1) is 38.6 Å². The third-order valence-electron chi connectivity index (χ3n) is 7.19. The number of aromatic nitrogens is 2. The number of hydrogen-bond donors (Lipinski definition) is 0. The minimum Gasteiger partial charge on any atom is -0.493 e. The van der Waals surface area contributed by atoms with Crippen LogP contribution in [0, 0.1) is 6.92 Å². The Kier molecular flexibility index (Phi) is 7.47. The van der Waals surface area contributed by atoms with Crippen molar-refractivity contribution < 1.29 is 14.2 Å². The zero-order valence-corrected chi connectivity index (χ0v) is 22.3. The van der Waals surface area contributed by atoms with E-state index >= 15 is 0 Å². The van der Waals surface area contributed by atoms with E-state index in [-0.39, 0.29) is 11.6 Å². The highest BCUT2D eigenvalue weighted by atomic mass is 16.5. The molecule has 0 saturated heterocycles. The maximum absolute atomic E-state index is 14.2. The first-order chi connectivity index (χ1) is 18.5. The van der Waals surface area contributed by atoms with Crippen molar-refractivity contribution in [2.75, 3.05) is 27.9 Å². The molecule has 0 N–H and O–H groups in total. The van der Waals surface area contributed by atoms with Gasteiger partial charge in [-0.15, -0.1) is 0 Å². The molecule has 3 aromatic carbocycles. The van der Waals surface area contributed by atoms with Crippen molar-refractivity contribution in [3.05, 3.63) is 117 Å². The van der Waals surface area contributed by atoms with Crippen LogP contribution in [0.2, 0.25) is 0 Å². The van der Waals surface area contributed by atoms with Crippen LogP contribution in [0.4, 0.5) is 0 Å². The lowest BCUT2D eigenvalue weighted by molar-refractivity contribution is 0.234. The Balaban J connectivity index is 1.53. The first-order valence-electron chi connectivity index (χ1n) is 12.8. The monoisotopic (exact) mass is 511 g/mol. The molecule has 38 heavy (non-hydrogen) atoms. The maximum atomic E-state index is 14.2. The molecule has 0 radical (unpaired) electrons. The highest BCUT2D eigenvalue weighted by Gasteiger charge is 2.28. The quantitative estimate of drug-likeness (QED) is 0.340. The molecule has 2 heterocycles. The highest BCUT2D eigenvalue weighted by Crippen LogP contribution is 2.40. The summed E-state index contributed by atoms with van der Waals surface area (Å²) in [5.74, 6) is 2.55. The van der Waals surface area contributed by atoms with Crippen molar-refractivity contribution >= 4 is 0 Å². The summed E-state index contributed by atoms with van der Waals surface area (Å²) >= 11 is 0. The third-order valence-corrected chi connectivity index (χ3v) is 7.19. The van der Waals surface area contributed by atoms with Gasteiger partial charge in [0.15, 0.2) is 11.5 Å². The average Bonchev–Trinajstić information content (AvgIpc) is 2.96. The molecule has 0 amide bonds. The molecule has 196 valence electrons. The van der Waals surface area contributed by atoms with Gasteiger partial charge in [-0.2, -0.15) is 0 Å². The normalized spacial score (nSPS) is 13.3. The first kappa shape index (κ1) is 25.5. The molecule has 5 rings (SSSR count). The van der Waals surface area contributed by atoms with E-state index in [1.807, 2.05) is 60.0 Å². The number of rotatable bonds is 8. The number of methoxy groups -OCH3 is 3. The van der Waals surface area contributed by atoms with Gasteiger partial charge in [-0.25, -0.2) is 4.98 Å². The fraction of sp³-hybridized carbons (Fsp3) is 0.290. The lowest BCUT2D eigenvalue weighted by atomic mass is 9.97. The van der Waals surface area contributed by atoms with Crippen LogP contribution in [-0.4, -0.2) is 42.3 Å². The van der Waals surface area contributed by atoms with Crippen LogP contribution >= 0.6 is 0 Å². The van der Waals surface area contributed by atoms with Gasteiger partial charge in [-0.05, 0) is 24.1 Å². The summed E-state index contributed by atoms with van der Waals surface area (Å²) in [5.41, 5.74) is 4.72. The standard InChI is InChI=1S/C31H33N3O4/c1-21-32-26-17-18-33(19-24-15-16-27(36-2)30(38-4)29(24)37-3)20-25(26)31(35)34(21)28(22-11-7-5-8-12-22)23-13-9-6-10-14-23/h5-16,28H,17-20H2,1-4H3. The lowest BCUT2D eigenvalue weighted by Crippen LogP contribution is -2.40. The van der Waals surface area contributed by atoms with Crippen molar-refractivity contribution in [1.82, 2.24) is 14.5 Å². The zero-order valence-electron chi connectivity index (χ0n) is 22.3. The predicted molar refractivity (Wildman–Crippen MR) is 147 cm³/mol. The van der Waals surface area contributed by atoms with E-state index in [0.717, 1.165) is 40.3 Å². The molecule has 0 saturated carbocycles. The number of fused-ring (bicyclic) bond motifs is 1. The highest BCUT2D eigenvalue weighted by molar-refractivity contribution is 5.55. The van der Waals surface area contributed by atoms with Crippen LogP contribution in [0.15, 0.2) is 77.6 Å². The molecule has 1 aliphatic heterocycles. The van der Waals surface area contributed by atoms with E-state index in [2.05, 4.69) is 29.2 Å². The molecule has 1 aromatic heterocycles. The Morgan fingerprint density at radius 2 is 1.47 bits per heavy atom. The molecular formula is C31H33N3O4. The molecule has 4 aromatic rings. The maximum Gasteiger partial charge on any atom is 0.259 e. The number of ether oxygens (including phenoxy) is 3. The van der Waals surface area contributed by atoms with Gasteiger partial charge in [-0.3, -0.25) is 14.3 Å². The second kappa shape index (κ2) is 11.1. The van der Waals surface area contributed by atoms with E-state index in [4.69, 9.17) is 19.2 Å². The summed E-state index contributed by atoms with van der Waals surface area (Å²) in [6.07, 6.45) is 0.712. The predicted octanol–water partition coefficient (Wildman–Crippen LogP) is 4.77. The summed E-state index contributed by atoms with van der Waals surface area (Å²) in [6, 6.07) is 23.9. The molecule has 7 heteroatoms. The lowest BCUT2D eigenvalue weighted by Gasteiger charge is -2.31. The molecular weight excluding hydrogens is 478 g/mol. The fourth-order valence-electron chi connectivity index (χ4n) is 5.39. The molecule has 0 fully saturated rings. The van der Waals surface area contributed by atoms with E-state index in [1.165, 1.54) is 0 Å². The zero-order chi connectivity index (χ0) is 26.6. The minimum absolute atomic E-state index is 0.00850. The Hall–Kier alpha value is -4.10. The summed E-state index contributed by atoms with van der Waals surface area (Å²) < 4.78 is 18.6. The largest absolute Gasteiger partial charge is 0.493 e. The SMILES string of the molecule is COc1ccc(CN2CCc3nc(C)n(C(c4ccccc4)c4ccccc4)c(=O)c3C2)c(OC)c1OC. The molecule has 7 nitrogen and oxygen atoms in total. The van der Waals surface area contributed by atoms with Gasteiger partial charge in [0.1, 0.15) is 5.82 Å². The molecule has 1 aliphatic rings. The Morgan fingerprint density at radius 1 is 0.842 bits per heavy atom. The molecule has 0 aliphatic carbocycles. The molecule has 0 spiro atoms. The summed E-state index contributed by atoms with van der Waals surface area (Å²) in [7, 11) is 4.84. The van der Waals surface area contributed by atoms with Crippen LogP contribution in [0.1, 0.15) is 39.8 Å². The van der Waals surface area contributed by atoms with Crippen molar-refractivity contribution in [3.63, 3.8) is 0 Å². The smallest absolute Gasteiger partial charge is 0.259 e. The van der Waals surface area contributed by atoms with Crippen molar-refractivity contribution in [2.45, 2.75) is 32.5 Å². The second-order valence-corrected chi connectivity index (χ2v) is 9.44. The van der Waals surface area contributed by atoms with E-state index in [0.29, 0.717) is 36.8 Å². The van der Waals surface area contributed by atoms with E-state index in [1.54, 1.807) is 21.3 Å². The first-order valence-corrected chi connectivity index (χ1v) is 12.8. The van der Waals surface area contributed by atoms with Crippen LogP contribution in [-0.2, 0) is 19.5 Å². The van der Waals surface area contributed by atoms with Crippen molar-refractivity contribution in [3.8, 4) is 17.2 Å². The number of aryl methyl sites for hydroxylation is 1. The van der Waals surface area contributed by atoms with Crippen LogP contribution < -0.4 is 19.8 Å². The van der Waals surface area contributed by atoms with Crippen molar-refractivity contribution in [2.24, 2.45) is 0 Å². The Labute approximate surface area is 223 Å². The topological polar surface area (TPSA) is 65.8 Å². The molecule has 0 atom stereocenters. The summed E-state index contributed by atoms with van der Waals surface area (Å²) in [4.78, 5) is 21.4. The number of hydrogen-bond acceptors (Lipinski definition) is 6. The third kappa shape index (κ3) is 4.77. The van der Waals surface area contributed by atoms with E-state index in [9.17, 15) is 4.79 Å². The second-order valence-electron chi connectivity index (χ2n) is 9.44. The average molecular weight is 512 g/mol. The van der Waals surface area contributed by atoms with Crippen molar-refractivity contribution in [1.29, 1.82) is 0 Å². The molecule has 0 unspecified atom stereocenters. The Bertz CT molecular complexity index is 1430. The fourth-order valence-corrected chi connectivity index (χ4v) is 5.39. The van der Waals surface area contributed by atoms with Gasteiger partial charge in [-0.1, -0.05) is 66.7 Å². The van der Waals surface area contributed by atoms with Gasteiger partial charge in [0.2, 0.25) is 5.75 Å². The number of nitrogens with zero attached hydrogens (tertiary/aromatic N) is 3. The van der Waals surface area contributed by atoms with Crippen LogP contribution in [0.5, 0.6) is 17.2 Å². The summed E-state index contributed by atoms with van der Waals surface area (Å²) in [6.45, 7) is 3.84. The number of benzene rings is 3. The van der Waals surface area contributed by atoms with Gasteiger partial charge >= 0.3 is 0 Å². The van der Waals surface area contributed by atoms with Gasteiger partial charge < -0.3 is 14.2 Å². The minimum atomic E-state index is -0.260.